The summed E-state index contributed by atoms with van der Waals surface area (Å²) in [6, 6.07) is 5.12. The first-order valence-electron chi connectivity index (χ1n) is 7.18. The number of benzene rings is 1. The molecule has 3 nitrogen and oxygen atoms in total. The van der Waals surface area contributed by atoms with E-state index in [0.29, 0.717) is 6.54 Å². The third-order valence-electron chi connectivity index (χ3n) is 4.35. The van der Waals surface area contributed by atoms with Crippen LogP contribution in [-0.2, 0) is 6.18 Å². The lowest BCUT2D eigenvalue weighted by molar-refractivity contribution is -0.138. The summed E-state index contributed by atoms with van der Waals surface area (Å²) in [7, 11) is 0. The Balaban J connectivity index is 0.00000176. The van der Waals surface area contributed by atoms with Gasteiger partial charge in [-0.25, -0.2) is 0 Å². The van der Waals surface area contributed by atoms with Gasteiger partial charge in [-0.3, -0.25) is 4.79 Å². The van der Waals surface area contributed by atoms with Crippen LogP contribution in [0.5, 0.6) is 0 Å². The highest BCUT2D eigenvalue weighted by molar-refractivity contribution is 5.96. The molecule has 7 heteroatoms. The Hall–Kier alpha value is -1.27. The quantitative estimate of drug-likeness (QED) is 0.856. The number of rotatable bonds is 1. The molecule has 2 saturated heterocycles. The van der Waals surface area contributed by atoms with Gasteiger partial charge in [-0.2, -0.15) is 13.2 Å². The zero-order valence-corrected chi connectivity index (χ0v) is 12.7. The van der Waals surface area contributed by atoms with Crippen LogP contribution in [0.2, 0.25) is 0 Å². The Morgan fingerprint density at radius 3 is 2.55 bits per heavy atom. The molecule has 0 saturated carbocycles. The number of fused-ring (bicyclic) bond motifs is 2. The molecule has 2 atom stereocenters. The van der Waals surface area contributed by atoms with E-state index in [9.17, 15) is 18.0 Å². The van der Waals surface area contributed by atoms with Gasteiger partial charge in [0.15, 0.2) is 0 Å². The normalized spacial score (nSPS) is 24.6. The molecule has 2 bridgehead atoms. The third-order valence-corrected chi connectivity index (χ3v) is 4.35. The highest BCUT2D eigenvalue weighted by Crippen LogP contribution is 2.35. The lowest BCUT2D eigenvalue weighted by Crippen LogP contribution is -2.43. The first kappa shape index (κ1) is 17.1. The zero-order valence-electron chi connectivity index (χ0n) is 11.9. The Kier molecular flexibility index (Phi) is 5.02. The first-order chi connectivity index (χ1) is 9.98. The van der Waals surface area contributed by atoms with Crippen molar-refractivity contribution in [3.8, 4) is 0 Å². The molecule has 22 heavy (non-hydrogen) atoms. The van der Waals surface area contributed by atoms with Crippen LogP contribution in [0.3, 0.4) is 0 Å². The molecule has 2 fully saturated rings. The Morgan fingerprint density at radius 2 is 1.82 bits per heavy atom. The molecule has 0 radical (unpaired) electrons. The summed E-state index contributed by atoms with van der Waals surface area (Å²) in [5.74, 6) is -0.487. The molecule has 2 aliphatic heterocycles. The van der Waals surface area contributed by atoms with Gasteiger partial charge in [0.25, 0.3) is 5.91 Å². The maximum absolute atomic E-state index is 13.1. The monoisotopic (exact) mass is 334 g/mol. The molecule has 1 amide bonds. The van der Waals surface area contributed by atoms with Gasteiger partial charge >= 0.3 is 6.18 Å². The summed E-state index contributed by atoms with van der Waals surface area (Å²) < 4.78 is 39.2. The number of nitrogens with zero attached hydrogens (tertiary/aromatic N) is 1. The minimum Gasteiger partial charge on any atom is -0.331 e. The molecule has 122 valence electrons. The highest BCUT2D eigenvalue weighted by Gasteiger charge is 2.41. The standard InChI is InChI=1S/C15H17F3N2O.ClH/c16-15(17,18)13-4-2-1-3-12(13)14(21)20-10-5-6-11(20)9-19-8-7-10;/h1-4,10-11,19H,5-9H2;1H. The van der Waals surface area contributed by atoms with E-state index in [4.69, 9.17) is 0 Å². The number of amides is 1. The largest absolute Gasteiger partial charge is 0.417 e. The van der Waals surface area contributed by atoms with Gasteiger partial charge in [-0.15, -0.1) is 12.4 Å². The number of carbonyl (C=O) groups is 1. The van der Waals surface area contributed by atoms with E-state index in [1.165, 1.54) is 18.2 Å². The van der Waals surface area contributed by atoms with E-state index >= 15 is 0 Å². The average Bonchev–Trinajstić information content (AvgIpc) is 2.70. The highest BCUT2D eigenvalue weighted by atomic mass is 35.5. The van der Waals surface area contributed by atoms with E-state index in [-0.39, 0.29) is 30.1 Å². The fourth-order valence-corrected chi connectivity index (χ4v) is 3.37. The van der Waals surface area contributed by atoms with Gasteiger partial charge in [0.2, 0.25) is 0 Å². The molecule has 2 heterocycles. The van der Waals surface area contributed by atoms with Gasteiger partial charge in [0.1, 0.15) is 0 Å². The Bertz CT molecular complexity index is 536. The van der Waals surface area contributed by atoms with Crippen LogP contribution < -0.4 is 5.32 Å². The van der Waals surface area contributed by atoms with E-state index in [0.717, 1.165) is 31.9 Å². The second-order valence-electron chi connectivity index (χ2n) is 5.63. The summed E-state index contributed by atoms with van der Waals surface area (Å²) in [5, 5.41) is 3.24. The number of alkyl halides is 3. The van der Waals surface area contributed by atoms with Gasteiger partial charge in [-0.1, -0.05) is 12.1 Å². The van der Waals surface area contributed by atoms with E-state index < -0.39 is 17.6 Å². The van der Waals surface area contributed by atoms with Crippen molar-refractivity contribution in [2.24, 2.45) is 0 Å². The predicted molar refractivity (Wildman–Crippen MR) is 79.2 cm³/mol. The number of hydrogen-bond donors (Lipinski definition) is 1. The second-order valence-corrected chi connectivity index (χ2v) is 5.63. The minimum atomic E-state index is -4.50. The topological polar surface area (TPSA) is 32.3 Å². The van der Waals surface area contributed by atoms with Crippen molar-refractivity contribution in [2.45, 2.75) is 37.5 Å². The van der Waals surface area contributed by atoms with Crippen molar-refractivity contribution in [3.05, 3.63) is 35.4 Å². The third kappa shape index (κ3) is 3.08. The van der Waals surface area contributed by atoms with Crippen LogP contribution in [0.1, 0.15) is 35.2 Å². The van der Waals surface area contributed by atoms with Crippen molar-refractivity contribution < 1.29 is 18.0 Å². The van der Waals surface area contributed by atoms with Gasteiger partial charge < -0.3 is 10.2 Å². The molecule has 0 spiro atoms. The molecule has 2 aliphatic rings. The predicted octanol–water partition coefficient (Wildman–Crippen LogP) is 3.09. The smallest absolute Gasteiger partial charge is 0.331 e. The lowest BCUT2D eigenvalue weighted by atomic mass is 10.0. The number of nitrogens with one attached hydrogen (secondary N) is 1. The van der Waals surface area contributed by atoms with Crippen molar-refractivity contribution in [3.63, 3.8) is 0 Å². The van der Waals surface area contributed by atoms with Crippen molar-refractivity contribution in [1.82, 2.24) is 10.2 Å². The molecular formula is C15H18ClF3N2O. The van der Waals surface area contributed by atoms with Gasteiger partial charge in [0.05, 0.1) is 11.1 Å². The molecule has 1 aromatic carbocycles. The van der Waals surface area contributed by atoms with Gasteiger partial charge in [0, 0.05) is 18.6 Å². The molecule has 0 aromatic heterocycles. The molecule has 1 aromatic rings. The first-order valence-corrected chi connectivity index (χ1v) is 7.18. The SMILES string of the molecule is Cl.O=C(c1ccccc1C(F)(F)F)N1C2CCNCC1CC2. The van der Waals surface area contributed by atoms with E-state index in [2.05, 4.69) is 5.32 Å². The van der Waals surface area contributed by atoms with Gasteiger partial charge in [-0.05, 0) is 37.9 Å². The van der Waals surface area contributed by atoms with Crippen LogP contribution in [0, 0.1) is 0 Å². The Labute approximate surface area is 133 Å². The van der Waals surface area contributed by atoms with Crippen LogP contribution in [0.15, 0.2) is 24.3 Å². The summed E-state index contributed by atoms with van der Waals surface area (Å²) >= 11 is 0. The van der Waals surface area contributed by atoms with E-state index in [1.54, 1.807) is 4.90 Å². The summed E-state index contributed by atoms with van der Waals surface area (Å²) in [6.07, 6.45) is -1.96. The Morgan fingerprint density at radius 1 is 1.14 bits per heavy atom. The second kappa shape index (κ2) is 6.46. The number of carbonyl (C=O) groups excluding carboxylic acids is 1. The molecular weight excluding hydrogens is 317 g/mol. The van der Waals surface area contributed by atoms with Crippen LogP contribution in [0.25, 0.3) is 0 Å². The van der Waals surface area contributed by atoms with Crippen LogP contribution >= 0.6 is 12.4 Å². The molecule has 3 rings (SSSR count). The van der Waals surface area contributed by atoms with Crippen molar-refractivity contribution in [2.75, 3.05) is 13.1 Å². The van der Waals surface area contributed by atoms with Crippen molar-refractivity contribution in [1.29, 1.82) is 0 Å². The molecule has 0 aliphatic carbocycles. The summed E-state index contributed by atoms with van der Waals surface area (Å²) in [6.45, 7) is 1.47. The van der Waals surface area contributed by atoms with Crippen LogP contribution in [0.4, 0.5) is 13.2 Å². The summed E-state index contributed by atoms with van der Waals surface area (Å²) in [4.78, 5) is 14.4. The van der Waals surface area contributed by atoms with E-state index in [1.807, 2.05) is 0 Å². The fourth-order valence-electron chi connectivity index (χ4n) is 3.37. The van der Waals surface area contributed by atoms with Crippen molar-refractivity contribution >= 4 is 18.3 Å². The average molecular weight is 335 g/mol. The lowest BCUT2D eigenvalue weighted by Gasteiger charge is -2.29. The number of halogens is 4. The molecule has 1 N–H and O–H groups in total. The number of hydrogen-bond acceptors (Lipinski definition) is 2. The fraction of sp³-hybridized carbons (Fsp3) is 0.533. The zero-order chi connectivity index (χ0) is 15.0. The maximum Gasteiger partial charge on any atom is 0.417 e. The molecule has 2 unspecified atom stereocenters. The van der Waals surface area contributed by atoms with Crippen LogP contribution in [-0.4, -0.2) is 36.0 Å². The maximum atomic E-state index is 13.1. The summed E-state index contributed by atoms with van der Waals surface area (Å²) in [5.41, 5.74) is -1.07. The minimum absolute atomic E-state index is 0.